The van der Waals surface area contributed by atoms with Gasteiger partial charge in [-0.2, -0.15) is 13.5 Å². The van der Waals surface area contributed by atoms with Crippen LogP contribution in [0, 0.1) is 0 Å². The SMILES string of the molecule is CC1=C2N=C(c3ccccc3Cl)c3cnc(N4CCOC[C@@H]4C)cc3NC2=NC1.S. The molecule has 0 amide bonds. The molecule has 2 aromatic rings. The molecule has 1 fully saturated rings. The van der Waals surface area contributed by atoms with Gasteiger partial charge in [-0.1, -0.05) is 29.8 Å². The zero-order valence-corrected chi connectivity index (χ0v) is 18.7. The standard InChI is InChI=1S/C22H22ClN5O.H2S/c1-13-10-25-22-20(13)27-21(15-5-3-4-6-17(15)23)16-11-24-19(9-18(16)26-22)28-7-8-29-12-14(28)2;/h3-6,9,11,14H,7-8,10,12H2,1-2H3,(H,25,26);1H2/t14-;/m0./s1. The molecule has 0 spiro atoms. The number of morpholine rings is 1. The third-order valence-electron chi connectivity index (χ3n) is 5.52. The summed E-state index contributed by atoms with van der Waals surface area (Å²) in [6, 6.07) is 10.1. The molecule has 0 saturated carbocycles. The van der Waals surface area contributed by atoms with Crippen LogP contribution in [0.4, 0.5) is 11.5 Å². The van der Waals surface area contributed by atoms with Crippen LogP contribution < -0.4 is 10.2 Å². The molecular weight excluding hydrogens is 418 g/mol. The number of hydrogen-bond donors (Lipinski definition) is 1. The summed E-state index contributed by atoms with van der Waals surface area (Å²) < 4.78 is 5.58. The minimum absolute atomic E-state index is 0. The van der Waals surface area contributed by atoms with Gasteiger partial charge < -0.3 is 15.0 Å². The predicted molar refractivity (Wildman–Crippen MR) is 128 cm³/mol. The number of ether oxygens (including phenoxy) is 1. The summed E-state index contributed by atoms with van der Waals surface area (Å²) in [6.07, 6.45) is 1.89. The maximum absolute atomic E-state index is 6.54. The van der Waals surface area contributed by atoms with Gasteiger partial charge in [0.1, 0.15) is 11.5 Å². The zero-order chi connectivity index (χ0) is 20.0. The molecule has 0 bridgehead atoms. The zero-order valence-electron chi connectivity index (χ0n) is 16.9. The lowest BCUT2D eigenvalue weighted by atomic mass is 10.0. The number of nitrogens with zero attached hydrogens (tertiary/aromatic N) is 4. The number of anilines is 2. The van der Waals surface area contributed by atoms with Gasteiger partial charge in [-0.15, -0.1) is 0 Å². The van der Waals surface area contributed by atoms with E-state index < -0.39 is 0 Å². The first-order chi connectivity index (χ1) is 14.1. The molecule has 1 saturated heterocycles. The van der Waals surface area contributed by atoms with Crippen LogP contribution in [0.3, 0.4) is 0 Å². The highest BCUT2D eigenvalue weighted by Crippen LogP contribution is 2.33. The number of rotatable bonds is 2. The third-order valence-corrected chi connectivity index (χ3v) is 5.84. The summed E-state index contributed by atoms with van der Waals surface area (Å²) in [7, 11) is 0. The number of aliphatic imine (C=N–C) groups is 2. The smallest absolute Gasteiger partial charge is 0.152 e. The molecule has 0 radical (unpaired) electrons. The van der Waals surface area contributed by atoms with Crippen molar-refractivity contribution in [2.45, 2.75) is 19.9 Å². The Morgan fingerprint density at radius 1 is 1.23 bits per heavy atom. The van der Waals surface area contributed by atoms with Crippen LogP contribution in [0.1, 0.15) is 25.0 Å². The van der Waals surface area contributed by atoms with Crippen molar-refractivity contribution < 1.29 is 4.74 Å². The van der Waals surface area contributed by atoms with Crippen LogP contribution in [0.5, 0.6) is 0 Å². The molecule has 8 heteroatoms. The highest BCUT2D eigenvalue weighted by molar-refractivity contribution is 7.59. The molecule has 1 aromatic heterocycles. The van der Waals surface area contributed by atoms with E-state index in [-0.39, 0.29) is 19.5 Å². The molecule has 156 valence electrons. The van der Waals surface area contributed by atoms with Crippen LogP contribution in [0.25, 0.3) is 0 Å². The number of nitrogens with one attached hydrogen (secondary N) is 1. The Kier molecular flexibility index (Phi) is 5.86. The van der Waals surface area contributed by atoms with Crippen molar-refractivity contribution in [3.05, 3.63) is 63.9 Å². The van der Waals surface area contributed by atoms with Crippen molar-refractivity contribution in [2.24, 2.45) is 9.98 Å². The quantitative estimate of drug-likeness (QED) is 0.764. The van der Waals surface area contributed by atoms with Gasteiger partial charge >= 0.3 is 0 Å². The number of aromatic nitrogens is 1. The first-order valence-electron chi connectivity index (χ1n) is 9.82. The molecule has 30 heavy (non-hydrogen) atoms. The summed E-state index contributed by atoms with van der Waals surface area (Å²) in [6.45, 7) is 7.12. The number of halogens is 1. The van der Waals surface area contributed by atoms with E-state index in [2.05, 4.69) is 35.1 Å². The first kappa shape index (κ1) is 20.9. The lowest BCUT2D eigenvalue weighted by Gasteiger charge is -2.34. The van der Waals surface area contributed by atoms with E-state index in [1.54, 1.807) is 0 Å². The van der Waals surface area contributed by atoms with Crippen molar-refractivity contribution in [2.75, 3.05) is 36.5 Å². The summed E-state index contributed by atoms with van der Waals surface area (Å²) in [5.41, 5.74) is 5.59. The van der Waals surface area contributed by atoms with Gasteiger partial charge in [-0.05, 0) is 25.5 Å². The number of pyridine rings is 1. The van der Waals surface area contributed by atoms with Crippen molar-refractivity contribution in [1.82, 2.24) is 4.98 Å². The topological polar surface area (TPSA) is 62.1 Å². The van der Waals surface area contributed by atoms with E-state index in [1.165, 1.54) is 0 Å². The molecule has 1 atom stereocenters. The maximum atomic E-state index is 6.54. The summed E-state index contributed by atoms with van der Waals surface area (Å²) in [5, 5.41) is 4.17. The second-order valence-electron chi connectivity index (χ2n) is 7.56. The molecule has 5 rings (SSSR count). The average molecular weight is 442 g/mol. The molecule has 0 unspecified atom stereocenters. The molecule has 3 aliphatic rings. The van der Waals surface area contributed by atoms with Crippen LogP contribution >= 0.6 is 25.1 Å². The van der Waals surface area contributed by atoms with E-state index >= 15 is 0 Å². The van der Waals surface area contributed by atoms with Gasteiger partial charge in [0.25, 0.3) is 0 Å². The van der Waals surface area contributed by atoms with E-state index in [4.69, 9.17) is 26.3 Å². The Labute approximate surface area is 188 Å². The second kappa shape index (κ2) is 8.41. The van der Waals surface area contributed by atoms with Crippen molar-refractivity contribution in [3.63, 3.8) is 0 Å². The molecule has 6 nitrogen and oxygen atoms in total. The van der Waals surface area contributed by atoms with Crippen LogP contribution in [0.2, 0.25) is 5.02 Å². The number of amidine groups is 1. The minimum atomic E-state index is 0. The largest absolute Gasteiger partial charge is 0.377 e. The first-order valence-corrected chi connectivity index (χ1v) is 10.2. The summed E-state index contributed by atoms with van der Waals surface area (Å²) in [5.74, 6) is 1.73. The third kappa shape index (κ3) is 3.62. The average Bonchev–Trinajstić information content (AvgIpc) is 2.97. The predicted octanol–water partition coefficient (Wildman–Crippen LogP) is 4.02. The monoisotopic (exact) mass is 441 g/mol. The summed E-state index contributed by atoms with van der Waals surface area (Å²) >= 11 is 6.54. The lowest BCUT2D eigenvalue weighted by Crippen LogP contribution is -2.44. The Bertz CT molecular complexity index is 1080. The fourth-order valence-corrected chi connectivity index (χ4v) is 4.14. The Balaban J connectivity index is 0.00000218. The number of benzene rings is 1. The van der Waals surface area contributed by atoms with Crippen molar-refractivity contribution >= 4 is 48.1 Å². The lowest BCUT2D eigenvalue weighted by molar-refractivity contribution is 0.0985. The second-order valence-corrected chi connectivity index (χ2v) is 7.97. The van der Waals surface area contributed by atoms with E-state index in [9.17, 15) is 0 Å². The van der Waals surface area contributed by atoms with Gasteiger partial charge in [0.15, 0.2) is 5.84 Å². The normalized spacial score (nSPS) is 20.4. The highest BCUT2D eigenvalue weighted by Gasteiger charge is 2.27. The molecule has 3 aliphatic heterocycles. The summed E-state index contributed by atoms with van der Waals surface area (Å²) in [4.78, 5) is 16.7. The van der Waals surface area contributed by atoms with Crippen molar-refractivity contribution in [1.29, 1.82) is 0 Å². The molecule has 1 N–H and O–H groups in total. The molecule has 4 heterocycles. The van der Waals surface area contributed by atoms with Crippen LogP contribution in [-0.2, 0) is 4.74 Å². The molecule has 0 aliphatic carbocycles. The van der Waals surface area contributed by atoms with E-state index in [0.717, 1.165) is 52.0 Å². The van der Waals surface area contributed by atoms with Gasteiger partial charge in [0, 0.05) is 35.0 Å². The van der Waals surface area contributed by atoms with Gasteiger partial charge in [-0.3, -0.25) is 4.99 Å². The number of fused-ring (bicyclic) bond motifs is 2. The fourth-order valence-electron chi connectivity index (χ4n) is 3.92. The van der Waals surface area contributed by atoms with E-state index in [0.29, 0.717) is 24.8 Å². The molecular formula is C22H24ClN5OS. The van der Waals surface area contributed by atoms with Gasteiger partial charge in [0.05, 0.1) is 37.2 Å². The van der Waals surface area contributed by atoms with Crippen molar-refractivity contribution in [3.8, 4) is 0 Å². The van der Waals surface area contributed by atoms with Gasteiger partial charge in [0.2, 0.25) is 0 Å². The Morgan fingerprint density at radius 3 is 2.87 bits per heavy atom. The van der Waals surface area contributed by atoms with Crippen LogP contribution in [0.15, 0.2) is 57.8 Å². The minimum Gasteiger partial charge on any atom is -0.377 e. The van der Waals surface area contributed by atoms with Gasteiger partial charge in [-0.25, -0.2) is 9.98 Å². The van der Waals surface area contributed by atoms with Crippen LogP contribution in [-0.4, -0.2) is 48.9 Å². The van der Waals surface area contributed by atoms with E-state index in [1.807, 2.05) is 30.5 Å². The Morgan fingerprint density at radius 2 is 2.07 bits per heavy atom. The number of hydrogen-bond acceptors (Lipinski definition) is 6. The maximum Gasteiger partial charge on any atom is 0.152 e. The fraction of sp³-hybridized carbons (Fsp3) is 0.318. The highest BCUT2D eigenvalue weighted by atomic mass is 35.5. The molecule has 1 aromatic carbocycles. The Hall–Kier alpha value is -2.35.